The van der Waals surface area contributed by atoms with Gasteiger partial charge in [-0.15, -0.1) is 5.10 Å². The van der Waals surface area contributed by atoms with Crippen molar-refractivity contribution in [3.05, 3.63) is 87.0 Å². The minimum atomic E-state index is -0.0639. The first-order valence-corrected chi connectivity index (χ1v) is 11.8. The molecule has 1 N–H and O–H groups in total. The van der Waals surface area contributed by atoms with Crippen molar-refractivity contribution >= 4 is 10.9 Å². The lowest BCUT2D eigenvalue weighted by atomic mass is 10.1. The number of fused-ring (bicyclic) bond motifs is 1. The van der Waals surface area contributed by atoms with Crippen LogP contribution < -0.4 is 5.56 Å². The van der Waals surface area contributed by atoms with Gasteiger partial charge in [0.25, 0.3) is 5.56 Å². The Morgan fingerprint density at radius 2 is 1.88 bits per heavy atom. The fraction of sp³-hybridized carbons (Fsp3) is 0.385. The zero-order valence-electron chi connectivity index (χ0n) is 19.7. The number of nitrogens with zero attached hydrogens (tertiary/aromatic N) is 5. The number of aromatic nitrogens is 5. The van der Waals surface area contributed by atoms with Crippen LogP contribution in [0.25, 0.3) is 10.9 Å². The highest BCUT2D eigenvalue weighted by Crippen LogP contribution is 2.18. The third-order valence-corrected chi connectivity index (χ3v) is 6.37. The SMILES string of the molecule is Cc1ccc(CN(Cc2cc3ccc(C)cc3[nH]c2=O)Cc2nnnn2C[C@H]2CCCO2)cc1. The minimum Gasteiger partial charge on any atom is -0.376 e. The molecule has 0 bridgehead atoms. The topological polar surface area (TPSA) is 88.9 Å². The molecule has 34 heavy (non-hydrogen) atoms. The van der Waals surface area contributed by atoms with E-state index in [-0.39, 0.29) is 11.7 Å². The Morgan fingerprint density at radius 3 is 2.68 bits per heavy atom. The molecule has 1 saturated heterocycles. The molecule has 4 aromatic rings. The molecular weight excluding hydrogens is 428 g/mol. The summed E-state index contributed by atoms with van der Waals surface area (Å²) in [6.07, 6.45) is 2.25. The first-order valence-electron chi connectivity index (χ1n) is 11.8. The molecule has 8 heteroatoms. The molecule has 0 spiro atoms. The van der Waals surface area contributed by atoms with E-state index in [9.17, 15) is 4.79 Å². The monoisotopic (exact) mass is 458 g/mol. The average Bonchev–Trinajstić information content (AvgIpc) is 3.49. The van der Waals surface area contributed by atoms with Gasteiger partial charge >= 0.3 is 0 Å². The van der Waals surface area contributed by atoms with E-state index in [4.69, 9.17) is 4.74 Å². The highest BCUT2D eigenvalue weighted by Gasteiger charge is 2.20. The first kappa shape index (κ1) is 22.4. The van der Waals surface area contributed by atoms with Crippen LogP contribution in [0.15, 0.2) is 53.3 Å². The van der Waals surface area contributed by atoms with E-state index in [2.05, 4.69) is 68.7 Å². The lowest BCUT2D eigenvalue weighted by Gasteiger charge is -2.22. The van der Waals surface area contributed by atoms with Crippen LogP contribution in [0.4, 0.5) is 0 Å². The summed E-state index contributed by atoms with van der Waals surface area (Å²) >= 11 is 0. The number of nitrogens with one attached hydrogen (secondary N) is 1. The molecule has 1 atom stereocenters. The molecule has 3 heterocycles. The van der Waals surface area contributed by atoms with Crippen LogP contribution in [0.2, 0.25) is 0 Å². The third-order valence-electron chi connectivity index (χ3n) is 6.37. The molecule has 8 nitrogen and oxygen atoms in total. The predicted molar refractivity (Wildman–Crippen MR) is 130 cm³/mol. The molecule has 0 aliphatic carbocycles. The molecule has 0 unspecified atom stereocenters. The van der Waals surface area contributed by atoms with Crippen molar-refractivity contribution in [1.82, 2.24) is 30.1 Å². The quantitative estimate of drug-likeness (QED) is 0.435. The van der Waals surface area contributed by atoms with Gasteiger partial charge in [-0.3, -0.25) is 9.69 Å². The van der Waals surface area contributed by atoms with Crippen molar-refractivity contribution in [2.45, 2.75) is 59.0 Å². The molecule has 5 rings (SSSR count). The second kappa shape index (κ2) is 9.87. The summed E-state index contributed by atoms with van der Waals surface area (Å²) in [5.41, 5.74) is 5.04. The molecular formula is C26H30N6O2. The summed E-state index contributed by atoms with van der Waals surface area (Å²) in [6.45, 7) is 7.24. The number of rotatable bonds is 8. The maximum Gasteiger partial charge on any atom is 0.252 e. The highest BCUT2D eigenvalue weighted by molar-refractivity contribution is 5.79. The van der Waals surface area contributed by atoms with Gasteiger partial charge in [-0.1, -0.05) is 42.0 Å². The van der Waals surface area contributed by atoms with Gasteiger partial charge in [0, 0.05) is 30.8 Å². The summed E-state index contributed by atoms with van der Waals surface area (Å²) in [4.78, 5) is 18.2. The maximum absolute atomic E-state index is 12.9. The van der Waals surface area contributed by atoms with Gasteiger partial charge in [-0.05, 0) is 65.8 Å². The Balaban J connectivity index is 1.42. The minimum absolute atomic E-state index is 0.0639. The number of hydrogen-bond donors (Lipinski definition) is 1. The Hall–Kier alpha value is -3.36. The predicted octanol–water partition coefficient (Wildman–Crippen LogP) is 3.51. The van der Waals surface area contributed by atoms with Crippen molar-refractivity contribution in [1.29, 1.82) is 0 Å². The van der Waals surface area contributed by atoms with E-state index in [0.29, 0.717) is 26.2 Å². The molecule has 2 aromatic heterocycles. The molecule has 0 amide bonds. The summed E-state index contributed by atoms with van der Waals surface area (Å²) in [7, 11) is 0. The second-order valence-corrected chi connectivity index (χ2v) is 9.26. The van der Waals surface area contributed by atoms with E-state index in [1.807, 2.05) is 23.7 Å². The zero-order chi connectivity index (χ0) is 23.5. The van der Waals surface area contributed by atoms with Crippen LogP contribution in [0, 0.1) is 13.8 Å². The summed E-state index contributed by atoms with van der Waals surface area (Å²) in [6, 6.07) is 16.6. The maximum atomic E-state index is 12.9. The van der Waals surface area contributed by atoms with Gasteiger partial charge in [0.15, 0.2) is 5.82 Å². The fourth-order valence-electron chi connectivity index (χ4n) is 4.50. The summed E-state index contributed by atoms with van der Waals surface area (Å²) in [5, 5.41) is 13.5. The van der Waals surface area contributed by atoms with Crippen LogP contribution in [-0.2, 0) is 30.9 Å². The molecule has 1 aliphatic heterocycles. The lowest BCUT2D eigenvalue weighted by Crippen LogP contribution is -2.29. The Morgan fingerprint density at radius 1 is 1.06 bits per heavy atom. The number of ether oxygens (including phenoxy) is 1. The first-order chi connectivity index (χ1) is 16.5. The number of aryl methyl sites for hydroxylation is 2. The van der Waals surface area contributed by atoms with E-state index in [1.165, 1.54) is 11.1 Å². The number of benzene rings is 2. The highest BCUT2D eigenvalue weighted by atomic mass is 16.5. The number of hydrogen-bond acceptors (Lipinski definition) is 6. The van der Waals surface area contributed by atoms with Crippen molar-refractivity contribution in [2.24, 2.45) is 0 Å². The lowest BCUT2D eigenvalue weighted by molar-refractivity contribution is 0.0914. The normalized spacial score (nSPS) is 16.0. The fourth-order valence-corrected chi connectivity index (χ4v) is 4.50. The number of tetrazole rings is 1. The van der Waals surface area contributed by atoms with E-state index < -0.39 is 0 Å². The standard InChI is InChI=1S/C26H30N6O2/c1-18-5-8-20(9-6-18)14-31(17-25-28-29-30-32(25)16-23-4-3-11-34-23)15-22-13-21-10-7-19(2)12-24(21)27-26(22)33/h5-10,12-13,23H,3-4,11,14-17H2,1-2H3,(H,27,33)/t23-/m1/s1. The molecule has 0 radical (unpaired) electrons. The van der Waals surface area contributed by atoms with Gasteiger partial charge in [0.1, 0.15) is 0 Å². The van der Waals surface area contributed by atoms with Gasteiger partial charge < -0.3 is 9.72 Å². The van der Waals surface area contributed by atoms with E-state index in [0.717, 1.165) is 47.3 Å². The zero-order valence-corrected chi connectivity index (χ0v) is 19.7. The summed E-state index contributed by atoms with van der Waals surface area (Å²) < 4.78 is 7.62. The van der Waals surface area contributed by atoms with Gasteiger partial charge in [0.2, 0.25) is 0 Å². The van der Waals surface area contributed by atoms with Crippen LogP contribution in [0.5, 0.6) is 0 Å². The van der Waals surface area contributed by atoms with Crippen LogP contribution in [0.3, 0.4) is 0 Å². The number of H-pyrrole nitrogens is 1. The smallest absolute Gasteiger partial charge is 0.252 e. The van der Waals surface area contributed by atoms with Crippen LogP contribution in [-0.4, -0.2) is 42.8 Å². The van der Waals surface area contributed by atoms with Gasteiger partial charge in [0.05, 0.1) is 19.2 Å². The van der Waals surface area contributed by atoms with Gasteiger partial charge in [-0.25, -0.2) is 4.68 Å². The molecule has 1 aliphatic rings. The van der Waals surface area contributed by atoms with Crippen LogP contribution in [0.1, 0.15) is 40.9 Å². The van der Waals surface area contributed by atoms with Crippen molar-refractivity contribution in [2.75, 3.05) is 6.61 Å². The molecule has 2 aromatic carbocycles. The van der Waals surface area contributed by atoms with Crippen molar-refractivity contribution in [3.8, 4) is 0 Å². The van der Waals surface area contributed by atoms with Crippen molar-refractivity contribution < 1.29 is 4.74 Å². The van der Waals surface area contributed by atoms with Gasteiger partial charge in [-0.2, -0.15) is 0 Å². The molecule has 176 valence electrons. The number of pyridine rings is 1. The molecule has 0 saturated carbocycles. The van der Waals surface area contributed by atoms with Crippen LogP contribution >= 0.6 is 0 Å². The Kier molecular flexibility index (Phi) is 6.51. The Labute approximate surface area is 198 Å². The Bertz CT molecular complexity index is 1320. The van der Waals surface area contributed by atoms with E-state index >= 15 is 0 Å². The second-order valence-electron chi connectivity index (χ2n) is 9.26. The summed E-state index contributed by atoms with van der Waals surface area (Å²) in [5.74, 6) is 0.774. The number of aromatic amines is 1. The third kappa shape index (κ3) is 5.24. The molecule has 1 fully saturated rings. The largest absolute Gasteiger partial charge is 0.376 e. The van der Waals surface area contributed by atoms with Crippen molar-refractivity contribution in [3.63, 3.8) is 0 Å². The van der Waals surface area contributed by atoms with E-state index in [1.54, 1.807) is 0 Å². The average molecular weight is 459 g/mol.